The first-order valence-corrected chi connectivity index (χ1v) is 19.6. The maximum Gasteiger partial charge on any atom is 0.247 e. The second-order valence-electron chi connectivity index (χ2n) is 18.3. The van der Waals surface area contributed by atoms with E-state index in [0.29, 0.717) is 0 Å². The molecule has 0 bridgehead atoms. The van der Waals surface area contributed by atoms with Crippen molar-refractivity contribution in [2.75, 3.05) is 9.80 Å². The van der Waals surface area contributed by atoms with Gasteiger partial charge in [0.2, 0.25) is 13.4 Å². The first-order chi connectivity index (χ1) is 25.5. The first kappa shape index (κ1) is 34.7. The summed E-state index contributed by atoms with van der Waals surface area (Å²) in [5.41, 5.74) is 25.2. The van der Waals surface area contributed by atoms with Crippen LogP contribution in [-0.2, 0) is 10.8 Å². The molecular formula is C48H50B2N4. The Hall–Kier alpha value is -5.09. The molecule has 4 aromatic carbocycles. The molecule has 0 aliphatic carbocycles. The molecule has 0 fully saturated rings. The van der Waals surface area contributed by atoms with Gasteiger partial charge in [0.1, 0.15) is 0 Å². The standard InChI is InChI=1S/C48H50B2N4/c1-27-19-29(3)43(30(4)20-27)49-33-15-13-17-37-45(33)53(39-25-51-41(23-35(39)49)47(7,8)9)38-18-14-16-34-46(38)54(37)40-26-52-42(48(10,11)12)24-36(40)50(34)44-31(5)21-28(2)22-32(44)6/h13-26H,1-12H3. The Morgan fingerprint density at radius 3 is 1.13 bits per heavy atom. The number of pyridine rings is 2. The number of benzene rings is 4. The summed E-state index contributed by atoms with van der Waals surface area (Å²) in [5, 5.41) is 0. The van der Waals surface area contributed by atoms with Crippen molar-refractivity contribution in [2.24, 2.45) is 0 Å². The van der Waals surface area contributed by atoms with Crippen molar-refractivity contribution in [1.29, 1.82) is 0 Å². The summed E-state index contributed by atoms with van der Waals surface area (Å²) in [4.78, 5) is 15.5. The van der Waals surface area contributed by atoms with Gasteiger partial charge in [-0.1, -0.05) is 134 Å². The molecule has 0 radical (unpaired) electrons. The quantitative estimate of drug-likeness (QED) is 0.172. The lowest BCUT2D eigenvalue weighted by Crippen LogP contribution is -2.62. The van der Waals surface area contributed by atoms with Crippen LogP contribution in [0.5, 0.6) is 0 Å². The highest BCUT2D eigenvalue weighted by atomic mass is 15.3. The number of aromatic nitrogens is 2. The molecule has 0 amide bonds. The molecule has 0 unspecified atom stereocenters. The van der Waals surface area contributed by atoms with Gasteiger partial charge in [0.15, 0.2) is 0 Å². The summed E-state index contributed by atoms with van der Waals surface area (Å²) >= 11 is 0. The predicted molar refractivity (Wildman–Crippen MR) is 233 cm³/mol. The minimum Gasteiger partial charge on any atom is -0.306 e. The van der Waals surface area contributed by atoms with E-state index in [1.54, 1.807) is 0 Å². The Morgan fingerprint density at radius 1 is 0.444 bits per heavy atom. The lowest BCUT2D eigenvalue weighted by atomic mass is 9.33. The number of hydrogen-bond donors (Lipinski definition) is 0. The molecule has 54 heavy (non-hydrogen) atoms. The van der Waals surface area contributed by atoms with Crippen molar-refractivity contribution >= 4 is 80.3 Å². The van der Waals surface area contributed by atoms with Crippen LogP contribution >= 0.6 is 0 Å². The van der Waals surface area contributed by atoms with Gasteiger partial charge in [-0.2, -0.15) is 0 Å². The van der Waals surface area contributed by atoms with E-state index in [1.807, 2.05) is 0 Å². The number of fused-ring (bicyclic) bond motifs is 6. The van der Waals surface area contributed by atoms with E-state index in [2.05, 4.69) is 178 Å². The van der Waals surface area contributed by atoms with Crippen molar-refractivity contribution < 1.29 is 0 Å². The van der Waals surface area contributed by atoms with Crippen molar-refractivity contribution in [3.63, 3.8) is 0 Å². The smallest absolute Gasteiger partial charge is 0.247 e. The van der Waals surface area contributed by atoms with Gasteiger partial charge >= 0.3 is 0 Å². The van der Waals surface area contributed by atoms with Crippen LogP contribution in [-0.4, -0.2) is 23.4 Å². The van der Waals surface area contributed by atoms with E-state index in [9.17, 15) is 0 Å². The second kappa shape index (κ2) is 11.7. The fourth-order valence-corrected chi connectivity index (χ4v) is 9.99. The zero-order valence-electron chi connectivity index (χ0n) is 34.0. The van der Waals surface area contributed by atoms with E-state index >= 15 is 0 Å². The third-order valence-corrected chi connectivity index (χ3v) is 12.2. The van der Waals surface area contributed by atoms with E-state index in [-0.39, 0.29) is 24.3 Å². The Morgan fingerprint density at radius 2 is 0.796 bits per heavy atom. The monoisotopic (exact) mass is 704 g/mol. The van der Waals surface area contributed by atoms with Gasteiger partial charge in [0.05, 0.1) is 46.5 Å². The molecule has 2 aromatic heterocycles. The largest absolute Gasteiger partial charge is 0.306 e. The van der Waals surface area contributed by atoms with Crippen molar-refractivity contribution in [1.82, 2.24) is 9.97 Å². The number of para-hydroxylation sites is 2. The molecule has 268 valence electrons. The lowest BCUT2D eigenvalue weighted by Gasteiger charge is -2.49. The maximum absolute atomic E-state index is 5.22. The van der Waals surface area contributed by atoms with Crippen LogP contribution in [0.2, 0.25) is 0 Å². The third kappa shape index (κ3) is 4.98. The van der Waals surface area contributed by atoms with Gasteiger partial charge in [-0.3, -0.25) is 9.97 Å². The van der Waals surface area contributed by atoms with Gasteiger partial charge in [-0.05, 0) is 87.7 Å². The van der Waals surface area contributed by atoms with Gasteiger partial charge in [0, 0.05) is 22.2 Å². The zero-order valence-corrected chi connectivity index (χ0v) is 34.0. The number of rotatable bonds is 2. The summed E-state index contributed by atoms with van der Waals surface area (Å²) < 4.78 is 0. The molecule has 0 saturated carbocycles. The molecule has 4 nitrogen and oxygen atoms in total. The fourth-order valence-electron chi connectivity index (χ4n) is 9.99. The highest BCUT2D eigenvalue weighted by molar-refractivity contribution is 6.99. The molecule has 0 saturated heterocycles. The predicted octanol–water partition coefficient (Wildman–Crippen LogP) is 7.83. The number of anilines is 6. The Bertz CT molecular complexity index is 2350. The van der Waals surface area contributed by atoms with Gasteiger partial charge in [-0.15, -0.1) is 0 Å². The van der Waals surface area contributed by atoms with Crippen LogP contribution < -0.4 is 42.6 Å². The topological polar surface area (TPSA) is 32.3 Å². The van der Waals surface area contributed by atoms with E-state index in [0.717, 1.165) is 22.8 Å². The molecule has 0 N–H and O–H groups in total. The molecular weight excluding hydrogens is 654 g/mol. The summed E-state index contributed by atoms with van der Waals surface area (Å²) in [6.07, 6.45) is 4.33. The highest BCUT2D eigenvalue weighted by Gasteiger charge is 2.47. The summed E-state index contributed by atoms with van der Waals surface area (Å²) in [6.45, 7) is 27.3. The molecule has 6 aromatic rings. The number of aryl methyl sites for hydroxylation is 6. The Balaban J connectivity index is 1.40. The van der Waals surface area contributed by atoms with Crippen LogP contribution in [0.15, 0.2) is 85.2 Å². The van der Waals surface area contributed by atoms with Crippen molar-refractivity contribution in [2.45, 2.75) is 93.9 Å². The summed E-state index contributed by atoms with van der Waals surface area (Å²) in [6, 6.07) is 28.2. The first-order valence-electron chi connectivity index (χ1n) is 19.6. The SMILES string of the molecule is Cc1cc(C)c(B2c3cc(C(C)(C)C)ncc3N3c4cccc5c4N(c4cnc(C(C)(C)C)cc4B5c4c(C)cc(C)cc4C)c4cccc2c43)c(C)c1. The molecule has 3 aliphatic rings. The number of nitrogens with zero attached hydrogens (tertiary/aromatic N) is 4. The van der Waals surface area contributed by atoms with Crippen LogP contribution in [0.25, 0.3) is 0 Å². The highest BCUT2D eigenvalue weighted by Crippen LogP contribution is 2.54. The normalized spacial score (nSPS) is 14.1. The van der Waals surface area contributed by atoms with E-state index in [1.165, 1.54) is 88.9 Å². The van der Waals surface area contributed by atoms with Gasteiger partial charge in [-0.25, -0.2) is 0 Å². The molecule has 9 rings (SSSR count). The summed E-state index contributed by atoms with van der Waals surface area (Å²) in [5.74, 6) is 0. The Labute approximate surface area is 322 Å². The third-order valence-electron chi connectivity index (χ3n) is 12.2. The van der Waals surface area contributed by atoms with Crippen LogP contribution in [0, 0.1) is 41.5 Å². The number of hydrogen-bond acceptors (Lipinski definition) is 4. The minimum absolute atomic E-state index is 0.0527. The molecule has 5 heterocycles. The second-order valence-corrected chi connectivity index (χ2v) is 18.3. The van der Waals surface area contributed by atoms with Crippen LogP contribution in [0.1, 0.15) is 86.3 Å². The summed E-state index contributed by atoms with van der Waals surface area (Å²) in [7, 11) is 0. The van der Waals surface area contributed by atoms with Crippen molar-refractivity contribution in [3.8, 4) is 0 Å². The molecule has 0 spiro atoms. The minimum atomic E-state index is -0.0940. The molecule has 0 atom stereocenters. The molecule has 6 heteroatoms. The van der Waals surface area contributed by atoms with E-state index < -0.39 is 0 Å². The van der Waals surface area contributed by atoms with Crippen LogP contribution in [0.3, 0.4) is 0 Å². The van der Waals surface area contributed by atoms with Crippen molar-refractivity contribution in [3.05, 3.63) is 130 Å². The maximum atomic E-state index is 5.22. The molecule has 3 aliphatic heterocycles. The average molecular weight is 705 g/mol. The average Bonchev–Trinajstić information content (AvgIpc) is 3.09. The van der Waals surface area contributed by atoms with Gasteiger partial charge < -0.3 is 9.80 Å². The lowest BCUT2D eigenvalue weighted by molar-refractivity contribution is 0.569. The fraction of sp³-hybridized carbons (Fsp3) is 0.292. The Kier molecular flexibility index (Phi) is 7.51. The van der Waals surface area contributed by atoms with Gasteiger partial charge in [0.25, 0.3) is 0 Å². The zero-order chi connectivity index (χ0) is 38.2. The van der Waals surface area contributed by atoms with Crippen LogP contribution in [0.4, 0.5) is 34.1 Å². The van der Waals surface area contributed by atoms with E-state index in [4.69, 9.17) is 9.97 Å².